The maximum atomic E-state index is 5.40. The molecule has 10 heavy (non-hydrogen) atoms. The fourth-order valence-electron chi connectivity index (χ4n) is 0.470. The van der Waals surface area contributed by atoms with Crippen LogP contribution in [0.25, 0.3) is 0 Å². The second kappa shape index (κ2) is 3.46. The minimum atomic E-state index is -1.30. The van der Waals surface area contributed by atoms with Gasteiger partial charge in [0.15, 0.2) is 0 Å². The fourth-order valence-corrected chi connectivity index (χ4v) is 0.702. The smallest absolute Gasteiger partial charge is 0.213 e. The van der Waals surface area contributed by atoms with Crippen LogP contribution in [-0.2, 0) is 9.47 Å². The number of hydrogen-bond donors (Lipinski definition) is 0. The van der Waals surface area contributed by atoms with Gasteiger partial charge in [0.1, 0.15) is 6.10 Å². The summed E-state index contributed by atoms with van der Waals surface area (Å²) in [7, 11) is 0. The molecule has 5 heteroatoms. The molecule has 0 aromatic heterocycles. The molecule has 2 nitrogen and oxygen atoms in total. The van der Waals surface area contributed by atoms with E-state index in [9.17, 15) is 0 Å². The van der Waals surface area contributed by atoms with E-state index in [-0.39, 0.29) is 12.7 Å². The highest BCUT2D eigenvalue weighted by Gasteiger charge is 2.25. The van der Waals surface area contributed by atoms with Crippen LogP contribution in [0.15, 0.2) is 0 Å². The summed E-state index contributed by atoms with van der Waals surface area (Å²) in [6.45, 7) is 1.41. The van der Waals surface area contributed by atoms with Crippen LogP contribution in [-0.4, -0.2) is 29.7 Å². The Balaban J connectivity index is 1.93. The van der Waals surface area contributed by atoms with E-state index < -0.39 is 3.79 Å². The van der Waals surface area contributed by atoms with E-state index >= 15 is 0 Å². The fraction of sp³-hybridized carbons (Fsp3) is 1.00. The molecule has 0 saturated carbocycles. The molecule has 0 aliphatic carbocycles. The monoisotopic (exact) mass is 204 g/mol. The largest absolute Gasteiger partial charge is 0.374 e. The zero-order valence-corrected chi connectivity index (χ0v) is 7.42. The maximum Gasteiger partial charge on any atom is 0.213 e. The lowest BCUT2D eigenvalue weighted by molar-refractivity contribution is 0.121. The van der Waals surface area contributed by atoms with Crippen molar-refractivity contribution in [1.29, 1.82) is 0 Å². The molecule has 1 aliphatic rings. The van der Waals surface area contributed by atoms with Crippen LogP contribution >= 0.6 is 34.8 Å². The Hall–Kier alpha value is 0.790. The van der Waals surface area contributed by atoms with E-state index in [0.717, 1.165) is 6.61 Å². The van der Waals surface area contributed by atoms with Gasteiger partial charge in [-0.1, -0.05) is 34.8 Å². The Bertz CT molecular complexity index is 108. The first kappa shape index (κ1) is 8.88. The lowest BCUT2D eigenvalue weighted by atomic mass is 10.5. The lowest BCUT2D eigenvalue weighted by Gasteiger charge is -2.09. The van der Waals surface area contributed by atoms with Crippen LogP contribution in [0.4, 0.5) is 0 Å². The van der Waals surface area contributed by atoms with Crippen molar-refractivity contribution in [3.8, 4) is 0 Å². The molecule has 1 unspecified atom stereocenters. The van der Waals surface area contributed by atoms with Crippen molar-refractivity contribution in [3.63, 3.8) is 0 Å². The van der Waals surface area contributed by atoms with Gasteiger partial charge in [0.25, 0.3) is 0 Å². The summed E-state index contributed by atoms with van der Waals surface area (Å²) < 4.78 is 8.57. The molecule has 0 aromatic rings. The lowest BCUT2D eigenvalue weighted by Crippen LogP contribution is -2.15. The van der Waals surface area contributed by atoms with E-state index in [1.165, 1.54) is 0 Å². The standard InChI is InChI=1S/C5H7Cl3O2/c6-5(7,8)3-9-1-4-2-10-4/h4H,1-3H2. The van der Waals surface area contributed by atoms with Crippen LogP contribution in [0.5, 0.6) is 0 Å². The molecular weight excluding hydrogens is 198 g/mol. The number of hydrogen-bond acceptors (Lipinski definition) is 2. The minimum Gasteiger partial charge on any atom is -0.374 e. The summed E-state index contributed by atoms with van der Waals surface area (Å²) in [4.78, 5) is 0. The topological polar surface area (TPSA) is 21.8 Å². The Morgan fingerprint density at radius 1 is 1.50 bits per heavy atom. The molecule has 0 bridgehead atoms. The predicted molar refractivity (Wildman–Crippen MR) is 40.8 cm³/mol. The van der Waals surface area contributed by atoms with Crippen molar-refractivity contribution in [2.75, 3.05) is 19.8 Å². The number of ether oxygens (including phenoxy) is 2. The second-order valence-corrected chi connectivity index (χ2v) is 4.60. The van der Waals surface area contributed by atoms with Crippen molar-refractivity contribution < 1.29 is 9.47 Å². The number of halogens is 3. The van der Waals surface area contributed by atoms with Gasteiger partial charge in [-0.05, 0) is 0 Å². The zero-order valence-electron chi connectivity index (χ0n) is 5.15. The molecule has 0 aromatic carbocycles. The molecule has 0 N–H and O–H groups in total. The van der Waals surface area contributed by atoms with Gasteiger partial charge in [-0.2, -0.15) is 0 Å². The van der Waals surface area contributed by atoms with Gasteiger partial charge in [-0.25, -0.2) is 0 Å². The Labute approximate surface area is 74.3 Å². The molecular formula is C5H7Cl3O2. The summed E-state index contributed by atoms with van der Waals surface area (Å²) in [6, 6.07) is 0. The molecule has 1 aliphatic heterocycles. The first-order valence-electron chi connectivity index (χ1n) is 2.84. The summed E-state index contributed by atoms with van der Waals surface area (Å²) in [5, 5.41) is 0. The third kappa shape index (κ3) is 4.58. The van der Waals surface area contributed by atoms with Gasteiger partial charge < -0.3 is 9.47 Å². The van der Waals surface area contributed by atoms with Crippen molar-refractivity contribution in [2.45, 2.75) is 9.90 Å². The van der Waals surface area contributed by atoms with Gasteiger partial charge in [0, 0.05) is 0 Å². The van der Waals surface area contributed by atoms with Crippen molar-refractivity contribution >= 4 is 34.8 Å². The average Bonchev–Trinajstić information content (AvgIpc) is 2.45. The molecule has 60 valence electrons. The summed E-state index contributed by atoms with van der Waals surface area (Å²) in [5.74, 6) is 0. The first-order valence-corrected chi connectivity index (χ1v) is 3.97. The van der Waals surface area contributed by atoms with Crippen molar-refractivity contribution in [3.05, 3.63) is 0 Å². The van der Waals surface area contributed by atoms with E-state index in [1.54, 1.807) is 0 Å². The van der Waals surface area contributed by atoms with E-state index in [1.807, 2.05) is 0 Å². The molecule has 1 saturated heterocycles. The number of alkyl halides is 3. The third-order valence-corrected chi connectivity index (χ3v) is 1.30. The van der Waals surface area contributed by atoms with Gasteiger partial charge in [0.2, 0.25) is 3.79 Å². The number of epoxide rings is 1. The molecule has 1 fully saturated rings. The maximum absolute atomic E-state index is 5.40. The highest BCUT2D eigenvalue weighted by Crippen LogP contribution is 2.26. The van der Waals surface area contributed by atoms with Gasteiger partial charge in [-0.15, -0.1) is 0 Å². The average molecular weight is 205 g/mol. The molecule has 0 amide bonds. The molecule has 0 radical (unpaired) electrons. The van der Waals surface area contributed by atoms with Crippen LogP contribution < -0.4 is 0 Å². The van der Waals surface area contributed by atoms with E-state index in [2.05, 4.69) is 0 Å². The quantitative estimate of drug-likeness (QED) is 0.517. The highest BCUT2D eigenvalue weighted by atomic mass is 35.6. The van der Waals surface area contributed by atoms with Crippen molar-refractivity contribution in [1.82, 2.24) is 0 Å². The highest BCUT2D eigenvalue weighted by molar-refractivity contribution is 6.67. The Kier molecular flexibility index (Phi) is 3.07. The zero-order chi connectivity index (χ0) is 7.61. The summed E-state index contributed by atoms with van der Waals surface area (Å²) in [5.41, 5.74) is 0. The molecule has 1 atom stereocenters. The molecule has 1 rings (SSSR count). The minimum absolute atomic E-state index is 0.123. The molecule has 1 heterocycles. The van der Waals surface area contributed by atoms with Gasteiger partial charge in [-0.3, -0.25) is 0 Å². The van der Waals surface area contributed by atoms with Crippen LogP contribution in [0.1, 0.15) is 0 Å². The normalized spacial score (nSPS) is 24.9. The summed E-state index contributed by atoms with van der Waals surface area (Å²) >= 11 is 16.2. The Morgan fingerprint density at radius 3 is 2.50 bits per heavy atom. The molecule has 0 spiro atoms. The third-order valence-electron chi connectivity index (χ3n) is 0.972. The van der Waals surface area contributed by atoms with Crippen LogP contribution in [0, 0.1) is 0 Å². The summed E-state index contributed by atoms with van der Waals surface area (Å²) in [6.07, 6.45) is 0.229. The SMILES string of the molecule is ClC(Cl)(Cl)COCC1CO1. The number of rotatable bonds is 3. The second-order valence-electron chi connectivity index (χ2n) is 2.09. The predicted octanol–water partition coefficient (Wildman–Crippen LogP) is 1.77. The van der Waals surface area contributed by atoms with Crippen LogP contribution in [0.3, 0.4) is 0 Å². The van der Waals surface area contributed by atoms with Gasteiger partial charge >= 0.3 is 0 Å². The Morgan fingerprint density at radius 2 is 2.10 bits per heavy atom. The van der Waals surface area contributed by atoms with E-state index in [0.29, 0.717) is 6.61 Å². The van der Waals surface area contributed by atoms with Crippen LogP contribution in [0.2, 0.25) is 0 Å². The van der Waals surface area contributed by atoms with Crippen molar-refractivity contribution in [2.24, 2.45) is 0 Å². The first-order chi connectivity index (χ1) is 4.58. The van der Waals surface area contributed by atoms with E-state index in [4.69, 9.17) is 44.3 Å². The van der Waals surface area contributed by atoms with Gasteiger partial charge in [0.05, 0.1) is 19.8 Å².